The Bertz CT molecular complexity index is 731. The van der Waals surface area contributed by atoms with E-state index in [1.807, 2.05) is 0 Å². The first-order valence-electron chi connectivity index (χ1n) is 8.35. The highest BCUT2D eigenvalue weighted by molar-refractivity contribution is 7.89. The average molecular weight is 371 g/mol. The Kier molecular flexibility index (Phi) is 5.67. The van der Waals surface area contributed by atoms with Crippen molar-refractivity contribution < 1.29 is 22.3 Å². The molecule has 1 aromatic rings. The lowest BCUT2D eigenvalue weighted by Gasteiger charge is -2.26. The van der Waals surface area contributed by atoms with E-state index in [4.69, 9.17) is 4.74 Å². The van der Waals surface area contributed by atoms with Gasteiger partial charge in [0, 0.05) is 18.8 Å². The molecule has 1 aromatic carbocycles. The molecule has 0 aromatic heterocycles. The van der Waals surface area contributed by atoms with E-state index in [2.05, 4.69) is 10.6 Å². The van der Waals surface area contributed by atoms with Gasteiger partial charge in [-0.05, 0) is 43.5 Å². The van der Waals surface area contributed by atoms with Gasteiger partial charge in [-0.25, -0.2) is 12.8 Å². The van der Waals surface area contributed by atoms with E-state index in [-0.39, 0.29) is 44.4 Å². The molecule has 1 saturated carbocycles. The molecule has 7 nitrogen and oxygen atoms in total. The second-order valence-corrected chi connectivity index (χ2v) is 8.19. The molecule has 138 valence electrons. The molecule has 1 aliphatic carbocycles. The summed E-state index contributed by atoms with van der Waals surface area (Å²) in [7, 11) is -3.96. The van der Waals surface area contributed by atoms with E-state index in [1.165, 1.54) is 29.3 Å². The summed E-state index contributed by atoms with van der Waals surface area (Å²) in [5.74, 6) is -0.470. The molecule has 2 fully saturated rings. The van der Waals surface area contributed by atoms with Gasteiger partial charge in [-0.1, -0.05) is 0 Å². The van der Waals surface area contributed by atoms with Gasteiger partial charge in [-0.15, -0.1) is 0 Å². The maximum atomic E-state index is 14.1. The number of carbonyl (C=O) groups excluding carboxylic acids is 1. The van der Waals surface area contributed by atoms with Gasteiger partial charge in [0.05, 0.1) is 19.8 Å². The minimum atomic E-state index is -3.96. The summed E-state index contributed by atoms with van der Waals surface area (Å²) in [6, 6.07) is 3.58. The van der Waals surface area contributed by atoms with Crippen LogP contribution < -0.4 is 10.6 Å². The van der Waals surface area contributed by atoms with Crippen LogP contribution in [0.3, 0.4) is 0 Å². The Morgan fingerprint density at radius 1 is 1.28 bits per heavy atom. The minimum Gasteiger partial charge on any atom is -0.379 e. The zero-order valence-corrected chi connectivity index (χ0v) is 14.6. The maximum Gasteiger partial charge on any atom is 0.246 e. The molecule has 0 radical (unpaired) electrons. The van der Waals surface area contributed by atoms with Gasteiger partial charge in [-0.3, -0.25) is 4.79 Å². The Morgan fingerprint density at radius 2 is 2.00 bits per heavy atom. The molecule has 0 bridgehead atoms. The van der Waals surface area contributed by atoms with Crippen LogP contribution in [0.2, 0.25) is 0 Å². The van der Waals surface area contributed by atoms with Crippen molar-refractivity contribution in [2.24, 2.45) is 5.92 Å². The summed E-state index contributed by atoms with van der Waals surface area (Å²) in [6.07, 6.45) is 2.38. The number of sulfonamides is 1. The summed E-state index contributed by atoms with van der Waals surface area (Å²) >= 11 is 0. The quantitative estimate of drug-likeness (QED) is 0.740. The van der Waals surface area contributed by atoms with E-state index in [1.54, 1.807) is 0 Å². The first-order chi connectivity index (χ1) is 12.0. The lowest BCUT2D eigenvalue weighted by atomic mass is 10.3. The molecule has 1 heterocycles. The fourth-order valence-corrected chi connectivity index (χ4v) is 4.12. The number of nitrogens with zero attached hydrogens (tertiary/aromatic N) is 1. The molecule has 2 aliphatic rings. The number of amides is 1. The van der Waals surface area contributed by atoms with Crippen molar-refractivity contribution in [1.29, 1.82) is 0 Å². The maximum absolute atomic E-state index is 14.1. The highest BCUT2D eigenvalue weighted by Gasteiger charge is 2.29. The first-order valence-corrected chi connectivity index (χ1v) is 9.79. The van der Waals surface area contributed by atoms with Crippen LogP contribution >= 0.6 is 0 Å². The van der Waals surface area contributed by atoms with Gasteiger partial charge in [-0.2, -0.15) is 4.31 Å². The van der Waals surface area contributed by atoms with Crippen LogP contribution in [0.4, 0.5) is 10.1 Å². The molecule has 1 amide bonds. The average Bonchev–Trinajstić information content (AvgIpc) is 3.41. The molecule has 1 saturated heterocycles. The van der Waals surface area contributed by atoms with Crippen LogP contribution in [0.25, 0.3) is 0 Å². The van der Waals surface area contributed by atoms with Crippen LogP contribution in [0.15, 0.2) is 23.1 Å². The second-order valence-electron chi connectivity index (χ2n) is 6.28. The molecule has 25 heavy (non-hydrogen) atoms. The van der Waals surface area contributed by atoms with Gasteiger partial charge in [0.15, 0.2) is 0 Å². The number of carbonyl (C=O) groups is 1. The predicted molar refractivity (Wildman–Crippen MR) is 90.2 cm³/mol. The number of halogens is 1. The van der Waals surface area contributed by atoms with Crippen LogP contribution in [0.1, 0.15) is 12.8 Å². The van der Waals surface area contributed by atoms with Crippen molar-refractivity contribution in [2.45, 2.75) is 17.7 Å². The second kappa shape index (κ2) is 7.77. The zero-order chi connectivity index (χ0) is 17.9. The summed E-state index contributed by atoms with van der Waals surface area (Å²) in [5.41, 5.74) is 0.256. The fourth-order valence-electron chi connectivity index (χ4n) is 2.62. The molecule has 0 spiro atoms. The molecule has 9 heteroatoms. The third kappa shape index (κ3) is 4.75. The SMILES string of the molecule is O=C(CNCC1CC1)Nc1ccc(F)c(S(=O)(=O)N2CCOCC2)c1. The van der Waals surface area contributed by atoms with Crippen molar-refractivity contribution in [3.05, 3.63) is 24.0 Å². The van der Waals surface area contributed by atoms with E-state index < -0.39 is 20.7 Å². The number of benzene rings is 1. The fraction of sp³-hybridized carbons (Fsp3) is 0.562. The highest BCUT2D eigenvalue weighted by atomic mass is 32.2. The Morgan fingerprint density at radius 3 is 2.68 bits per heavy atom. The third-order valence-corrected chi connectivity index (χ3v) is 6.13. The van der Waals surface area contributed by atoms with Crippen molar-refractivity contribution >= 4 is 21.6 Å². The van der Waals surface area contributed by atoms with Crippen LogP contribution in [0.5, 0.6) is 0 Å². The Labute approximate surface area is 146 Å². The standard InChI is InChI=1S/C16H22FN3O4S/c17-14-4-3-13(19-16(21)11-18-10-12-1-2-12)9-15(14)25(22,23)20-5-7-24-8-6-20/h3-4,9,12,18H,1-2,5-8,10-11H2,(H,19,21). The molecular formula is C16H22FN3O4S. The molecule has 0 unspecified atom stereocenters. The van der Waals surface area contributed by atoms with Crippen molar-refractivity contribution in [3.63, 3.8) is 0 Å². The molecular weight excluding hydrogens is 349 g/mol. The summed E-state index contributed by atoms with van der Waals surface area (Å²) in [4.78, 5) is 11.5. The van der Waals surface area contributed by atoms with Crippen LogP contribution in [-0.2, 0) is 19.6 Å². The van der Waals surface area contributed by atoms with Crippen molar-refractivity contribution in [1.82, 2.24) is 9.62 Å². The third-order valence-electron chi connectivity index (χ3n) is 4.22. The number of anilines is 1. The monoisotopic (exact) mass is 371 g/mol. The Balaban J connectivity index is 1.67. The lowest BCUT2D eigenvalue weighted by molar-refractivity contribution is -0.115. The minimum absolute atomic E-state index is 0.138. The lowest BCUT2D eigenvalue weighted by Crippen LogP contribution is -2.41. The molecule has 0 atom stereocenters. The van der Waals surface area contributed by atoms with Crippen LogP contribution in [0, 0.1) is 11.7 Å². The Hall–Kier alpha value is -1.55. The number of ether oxygens (including phenoxy) is 1. The van der Waals surface area contributed by atoms with E-state index >= 15 is 0 Å². The van der Waals surface area contributed by atoms with Gasteiger partial charge in [0.1, 0.15) is 10.7 Å². The highest BCUT2D eigenvalue weighted by Crippen LogP contribution is 2.27. The number of nitrogens with one attached hydrogen (secondary N) is 2. The summed E-state index contributed by atoms with van der Waals surface area (Å²) in [5, 5.41) is 5.65. The largest absolute Gasteiger partial charge is 0.379 e. The smallest absolute Gasteiger partial charge is 0.246 e. The van der Waals surface area contributed by atoms with E-state index in [0.717, 1.165) is 12.6 Å². The van der Waals surface area contributed by atoms with Gasteiger partial charge in [0.25, 0.3) is 0 Å². The predicted octanol–water partition coefficient (Wildman–Crippen LogP) is 0.785. The van der Waals surface area contributed by atoms with Gasteiger partial charge >= 0.3 is 0 Å². The van der Waals surface area contributed by atoms with Crippen molar-refractivity contribution in [3.8, 4) is 0 Å². The number of hydrogen-bond acceptors (Lipinski definition) is 5. The summed E-state index contributed by atoms with van der Waals surface area (Å²) < 4.78 is 45.6. The number of hydrogen-bond donors (Lipinski definition) is 2. The van der Waals surface area contributed by atoms with Gasteiger partial charge in [0.2, 0.25) is 15.9 Å². The topological polar surface area (TPSA) is 87.7 Å². The van der Waals surface area contributed by atoms with Crippen molar-refractivity contribution in [2.75, 3.05) is 44.7 Å². The number of morpholine rings is 1. The molecule has 3 rings (SSSR count). The van der Waals surface area contributed by atoms with E-state index in [9.17, 15) is 17.6 Å². The zero-order valence-electron chi connectivity index (χ0n) is 13.8. The normalized spacial score (nSPS) is 18.9. The molecule has 1 aliphatic heterocycles. The number of rotatable bonds is 7. The van der Waals surface area contributed by atoms with Crippen LogP contribution in [-0.4, -0.2) is 58.0 Å². The van der Waals surface area contributed by atoms with Gasteiger partial charge < -0.3 is 15.4 Å². The van der Waals surface area contributed by atoms with E-state index in [0.29, 0.717) is 5.92 Å². The summed E-state index contributed by atoms with van der Waals surface area (Å²) in [6.45, 7) is 1.87. The first kappa shape index (κ1) is 18.2. The molecule has 2 N–H and O–H groups in total.